The standard InChI is InChI=1S/C28H29FN4O3S.C17H21FN2O2.Na/c1-3-28(4-2)14-18(16-35-28)33-17-31-24-11-9-19(13-21(24)27(33)34)36-26-22(15-30)25(12-10-23(26)29)32-37-20-7-5-6-8-20;18-14-10-12(19-15-8-9-16(21)20-17(15)22)6-7-13(14)11-4-2-1-3-5-11;/h9-13,17-18,20,32H,1-8,14,16H2;6-7,10-11,15,19H,1-5,8-9H2,(H,20,21,22);/q-2;;+1. The van der Waals surface area contributed by atoms with Crippen molar-refractivity contribution in [2.75, 3.05) is 16.6 Å². The molecular formula is C45H50F2N6NaO5S-. The number of hydrogen-bond acceptors (Lipinski definition) is 10. The molecule has 11 nitrogen and oxygen atoms in total. The first-order chi connectivity index (χ1) is 28.6. The molecule has 4 fully saturated rings. The summed E-state index contributed by atoms with van der Waals surface area (Å²) in [7, 11) is 0. The second-order valence-corrected chi connectivity index (χ2v) is 17.0. The topological polar surface area (TPSA) is 147 Å². The molecule has 0 spiro atoms. The molecule has 8 rings (SSSR count). The molecule has 2 aliphatic heterocycles. The normalized spacial score (nSPS) is 20.4. The van der Waals surface area contributed by atoms with Gasteiger partial charge in [-0.3, -0.25) is 24.3 Å². The number of benzene rings is 3. The van der Waals surface area contributed by atoms with Crippen molar-refractivity contribution in [1.29, 1.82) is 5.26 Å². The number of carbonyl (C=O) groups excluding carboxylic acids is 2. The maximum absolute atomic E-state index is 14.8. The first-order valence-electron chi connectivity index (χ1n) is 20.6. The molecule has 3 aromatic carbocycles. The number of halogens is 2. The summed E-state index contributed by atoms with van der Waals surface area (Å²) in [5, 5.41) is 15.9. The Morgan fingerprint density at radius 2 is 1.72 bits per heavy atom. The Balaban J connectivity index is 0.000000224. The van der Waals surface area contributed by atoms with Crippen molar-refractivity contribution in [2.45, 2.75) is 119 Å². The molecule has 60 heavy (non-hydrogen) atoms. The first kappa shape index (κ1) is 45.5. The zero-order chi connectivity index (χ0) is 41.5. The Kier molecular flexibility index (Phi) is 15.7. The molecule has 15 heteroatoms. The predicted molar refractivity (Wildman–Crippen MR) is 225 cm³/mol. The van der Waals surface area contributed by atoms with Crippen LogP contribution in [0.5, 0.6) is 11.5 Å². The van der Waals surface area contributed by atoms with Crippen LogP contribution in [0.3, 0.4) is 0 Å². The number of anilines is 2. The van der Waals surface area contributed by atoms with Gasteiger partial charge in [0.15, 0.2) is 11.6 Å². The van der Waals surface area contributed by atoms with Crippen molar-refractivity contribution in [1.82, 2.24) is 14.9 Å². The van der Waals surface area contributed by atoms with Crippen molar-refractivity contribution in [2.24, 2.45) is 0 Å². The SMILES string of the molecule is O=C1CCC(Nc2ccc(C3CCCCC3)c(F)c2)C(=O)N1.[CH2-]CC1(C[CH2-])CC(n2cnc3ccc(Oc4c(F)ccc(NSC5CCCC5)c4C#N)cc3c2=O)CO1.[Na+]. The number of imide groups is 1. The Morgan fingerprint density at radius 3 is 2.40 bits per heavy atom. The van der Waals surface area contributed by atoms with E-state index in [2.05, 4.69) is 40.3 Å². The fourth-order valence-corrected chi connectivity index (χ4v) is 9.46. The summed E-state index contributed by atoms with van der Waals surface area (Å²) in [5.74, 6) is -1.06. The second-order valence-electron chi connectivity index (χ2n) is 15.8. The monoisotopic (exact) mass is 847 g/mol. The van der Waals surface area contributed by atoms with Gasteiger partial charge >= 0.3 is 29.6 Å². The van der Waals surface area contributed by atoms with Gasteiger partial charge in [0.1, 0.15) is 29.2 Å². The average Bonchev–Trinajstić information content (AvgIpc) is 3.94. The molecule has 0 bridgehead atoms. The van der Waals surface area contributed by atoms with Gasteiger partial charge in [0, 0.05) is 23.0 Å². The largest absolute Gasteiger partial charge is 1.00 e. The van der Waals surface area contributed by atoms with Crippen molar-refractivity contribution < 1.29 is 57.4 Å². The number of rotatable bonds is 11. The van der Waals surface area contributed by atoms with Gasteiger partial charge in [-0.05, 0) is 104 Å². The van der Waals surface area contributed by atoms with E-state index in [0.29, 0.717) is 72.2 Å². The summed E-state index contributed by atoms with van der Waals surface area (Å²) in [5.41, 5.74) is 1.77. The Bertz CT molecular complexity index is 2270. The minimum absolute atomic E-state index is 0. The first-order valence-corrected chi connectivity index (χ1v) is 21.4. The molecule has 2 unspecified atom stereocenters. The minimum Gasteiger partial charge on any atom is -0.453 e. The molecule has 2 saturated heterocycles. The number of fused-ring (bicyclic) bond motifs is 1. The molecule has 3 heterocycles. The van der Waals surface area contributed by atoms with Gasteiger partial charge in [-0.1, -0.05) is 38.2 Å². The van der Waals surface area contributed by atoms with Crippen LogP contribution in [0.15, 0.2) is 59.7 Å². The van der Waals surface area contributed by atoms with E-state index < -0.39 is 17.5 Å². The zero-order valence-electron chi connectivity index (χ0n) is 34.1. The van der Waals surface area contributed by atoms with Crippen LogP contribution in [-0.4, -0.2) is 44.9 Å². The number of nitriles is 1. The molecule has 312 valence electrons. The van der Waals surface area contributed by atoms with Crippen LogP contribution in [0.1, 0.15) is 113 Å². The van der Waals surface area contributed by atoms with Gasteiger partial charge in [-0.25, -0.2) is 13.8 Å². The third-order valence-electron chi connectivity index (χ3n) is 12.0. The number of carbonyl (C=O) groups is 2. The van der Waals surface area contributed by atoms with Crippen LogP contribution in [0.4, 0.5) is 20.2 Å². The predicted octanol–water partition coefficient (Wildman–Crippen LogP) is 6.45. The molecule has 1 aromatic heterocycles. The minimum atomic E-state index is -0.655. The van der Waals surface area contributed by atoms with E-state index in [1.165, 1.54) is 50.6 Å². The Labute approximate surface area is 376 Å². The van der Waals surface area contributed by atoms with Crippen LogP contribution >= 0.6 is 11.9 Å². The molecular weight excluding hydrogens is 798 g/mol. The van der Waals surface area contributed by atoms with Crippen LogP contribution < -0.4 is 55.2 Å². The maximum Gasteiger partial charge on any atom is 1.00 e. The summed E-state index contributed by atoms with van der Waals surface area (Å²) in [6.07, 6.45) is 14.4. The summed E-state index contributed by atoms with van der Waals surface area (Å²) >= 11 is 1.56. The summed E-state index contributed by atoms with van der Waals surface area (Å²) in [6, 6.07) is 14.2. The Morgan fingerprint density at radius 1 is 0.967 bits per heavy atom. The van der Waals surface area contributed by atoms with E-state index in [0.717, 1.165) is 31.2 Å². The smallest absolute Gasteiger partial charge is 0.453 e. The number of aromatic nitrogens is 2. The van der Waals surface area contributed by atoms with E-state index in [4.69, 9.17) is 9.47 Å². The van der Waals surface area contributed by atoms with Crippen LogP contribution in [0.2, 0.25) is 0 Å². The second kappa shape index (κ2) is 20.7. The molecule has 2 atom stereocenters. The van der Waals surface area contributed by atoms with E-state index in [1.807, 2.05) is 12.1 Å². The molecule has 0 radical (unpaired) electrons. The summed E-state index contributed by atoms with van der Waals surface area (Å²) in [4.78, 5) is 40.7. The van der Waals surface area contributed by atoms with Gasteiger partial charge in [-0.2, -0.15) is 18.1 Å². The molecule has 3 N–H and O–H groups in total. The summed E-state index contributed by atoms with van der Waals surface area (Å²) in [6.45, 7) is 8.33. The van der Waals surface area contributed by atoms with Gasteiger partial charge in [-0.15, -0.1) is 0 Å². The zero-order valence-corrected chi connectivity index (χ0v) is 36.9. The number of ether oxygens (including phenoxy) is 2. The average molecular weight is 848 g/mol. The number of piperidine rings is 1. The van der Waals surface area contributed by atoms with Crippen LogP contribution in [-0.2, 0) is 14.3 Å². The van der Waals surface area contributed by atoms with E-state index >= 15 is 0 Å². The molecule has 4 aliphatic rings. The summed E-state index contributed by atoms with van der Waals surface area (Å²) < 4.78 is 45.8. The van der Waals surface area contributed by atoms with E-state index in [1.54, 1.807) is 40.8 Å². The molecule has 2 aliphatic carbocycles. The maximum atomic E-state index is 14.8. The quantitative estimate of drug-likeness (QED) is 0.0667. The van der Waals surface area contributed by atoms with Crippen LogP contribution in [0.25, 0.3) is 10.9 Å². The Hall–Kier alpha value is -4.00. The molecule has 4 aromatic rings. The molecule has 2 saturated carbocycles. The van der Waals surface area contributed by atoms with Crippen molar-refractivity contribution in [3.63, 3.8) is 0 Å². The third kappa shape index (κ3) is 10.5. The van der Waals surface area contributed by atoms with Crippen LogP contribution in [0, 0.1) is 36.8 Å². The van der Waals surface area contributed by atoms with E-state index in [-0.39, 0.29) is 75.9 Å². The van der Waals surface area contributed by atoms with Crippen molar-refractivity contribution >= 4 is 46.0 Å². The number of hydrogen-bond donors (Lipinski definition) is 3. The third-order valence-corrected chi connectivity index (χ3v) is 13.1. The van der Waals surface area contributed by atoms with Crippen molar-refractivity contribution in [3.8, 4) is 17.6 Å². The van der Waals surface area contributed by atoms with E-state index in [9.17, 15) is 28.4 Å². The fraction of sp³-hybridized carbons (Fsp3) is 0.444. The number of nitrogens with zero attached hydrogens (tertiary/aromatic N) is 3. The number of nitrogens with one attached hydrogen (secondary N) is 3. The molecule has 2 amide bonds. The van der Waals surface area contributed by atoms with Crippen molar-refractivity contribution in [3.05, 3.63) is 102 Å². The van der Waals surface area contributed by atoms with Gasteiger partial charge in [0.25, 0.3) is 5.56 Å². The fourth-order valence-electron chi connectivity index (χ4n) is 8.43. The van der Waals surface area contributed by atoms with Gasteiger partial charge < -0.3 is 33.4 Å². The van der Waals surface area contributed by atoms with Gasteiger partial charge in [0.2, 0.25) is 11.8 Å². The number of amides is 2. The van der Waals surface area contributed by atoms with Gasteiger partial charge in [0.05, 0.1) is 35.6 Å².